The highest BCUT2D eigenvalue weighted by molar-refractivity contribution is 5.48. The van der Waals surface area contributed by atoms with Crippen LogP contribution in [-0.2, 0) is 32.3 Å². The Labute approximate surface area is 235 Å². The van der Waals surface area contributed by atoms with E-state index in [-0.39, 0.29) is 0 Å². The second kappa shape index (κ2) is 12.0. The second-order valence-electron chi connectivity index (χ2n) is 10.0. The minimum atomic E-state index is 0.478. The molecule has 0 saturated carbocycles. The Balaban J connectivity index is 1.33. The molecular weight excluding hydrogens is 496 g/mol. The van der Waals surface area contributed by atoms with Crippen molar-refractivity contribution < 1.29 is 18.9 Å². The summed E-state index contributed by atoms with van der Waals surface area (Å²) < 4.78 is 24.5. The fourth-order valence-corrected chi connectivity index (χ4v) is 4.92. The van der Waals surface area contributed by atoms with Gasteiger partial charge in [0.05, 0.1) is 7.11 Å². The van der Waals surface area contributed by atoms with Crippen molar-refractivity contribution in [3.63, 3.8) is 0 Å². The average molecular weight is 529 g/mol. The quantitative estimate of drug-likeness (QED) is 0.234. The summed E-state index contributed by atoms with van der Waals surface area (Å²) in [6.45, 7) is 0.478. The summed E-state index contributed by atoms with van der Waals surface area (Å²) in [4.78, 5) is 0. The summed E-state index contributed by atoms with van der Waals surface area (Å²) in [5.41, 5.74) is 5.93. The van der Waals surface area contributed by atoms with Gasteiger partial charge in [0, 0.05) is 0 Å². The molecule has 0 atom stereocenters. The van der Waals surface area contributed by atoms with E-state index in [0.717, 1.165) is 60.0 Å². The van der Waals surface area contributed by atoms with Gasteiger partial charge in [-0.3, -0.25) is 0 Å². The molecule has 3 aliphatic heterocycles. The van der Waals surface area contributed by atoms with Gasteiger partial charge in [0.2, 0.25) is 0 Å². The Hall–Kier alpha value is -4.70. The topological polar surface area (TPSA) is 36.9 Å². The average Bonchev–Trinajstić information content (AvgIpc) is 3.00. The summed E-state index contributed by atoms with van der Waals surface area (Å²) in [6.07, 6.45) is 3.52. The molecule has 0 N–H and O–H groups in total. The van der Waals surface area contributed by atoms with E-state index < -0.39 is 0 Å². The first-order valence-electron chi connectivity index (χ1n) is 13.7. The van der Waals surface area contributed by atoms with E-state index in [4.69, 9.17) is 18.9 Å². The molecule has 0 radical (unpaired) electrons. The highest BCUT2D eigenvalue weighted by atomic mass is 16.5. The van der Waals surface area contributed by atoms with Gasteiger partial charge in [-0.25, -0.2) is 0 Å². The number of hydrogen-bond donors (Lipinski definition) is 0. The van der Waals surface area contributed by atoms with Crippen molar-refractivity contribution in [1.29, 1.82) is 0 Å². The lowest BCUT2D eigenvalue weighted by molar-refractivity contribution is 0.291. The van der Waals surface area contributed by atoms with Gasteiger partial charge in [-0.15, -0.1) is 0 Å². The molecule has 0 amide bonds. The van der Waals surface area contributed by atoms with E-state index in [0.29, 0.717) is 12.4 Å². The zero-order valence-electron chi connectivity index (χ0n) is 22.6. The Morgan fingerprint density at radius 1 is 0.525 bits per heavy atom. The van der Waals surface area contributed by atoms with Gasteiger partial charge in [-0.05, 0) is 102 Å². The van der Waals surface area contributed by atoms with Crippen LogP contribution in [0.3, 0.4) is 0 Å². The number of hydrogen-bond acceptors (Lipinski definition) is 4. The van der Waals surface area contributed by atoms with Crippen molar-refractivity contribution in [2.45, 2.75) is 32.3 Å². The first kappa shape index (κ1) is 25.6. The van der Waals surface area contributed by atoms with Crippen LogP contribution in [0, 0.1) is 0 Å². The first-order chi connectivity index (χ1) is 19.7. The predicted octanol–water partition coefficient (Wildman–Crippen LogP) is 8.74. The van der Waals surface area contributed by atoms with Crippen LogP contribution in [0.4, 0.5) is 0 Å². The Morgan fingerprint density at radius 2 is 1.20 bits per heavy atom. The summed E-state index contributed by atoms with van der Waals surface area (Å²) in [5.74, 6) is 4.49. The van der Waals surface area contributed by atoms with Crippen LogP contribution >= 0.6 is 0 Å². The van der Waals surface area contributed by atoms with Gasteiger partial charge < -0.3 is 18.9 Å². The summed E-state index contributed by atoms with van der Waals surface area (Å²) in [7, 11) is 1.67. The van der Waals surface area contributed by atoms with Crippen molar-refractivity contribution in [1.82, 2.24) is 0 Å². The number of methoxy groups -OCH3 is 1. The van der Waals surface area contributed by atoms with Gasteiger partial charge in [0.1, 0.15) is 18.1 Å². The monoisotopic (exact) mass is 528 g/mol. The minimum absolute atomic E-state index is 0.478. The lowest BCUT2D eigenvalue weighted by Crippen LogP contribution is -2.00. The summed E-state index contributed by atoms with van der Waals surface area (Å²) >= 11 is 0. The number of ether oxygens (including phenoxy) is 4. The van der Waals surface area contributed by atoms with Crippen LogP contribution in [-0.4, -0.2) is 7.11 Å². The molecule has 0 spiro atoms. The lowest BCUT2D eigenvalue weighted by atomic mass is 10.0. The molecule has 0 aliphatic carbocycles. The molecule has 5 aromatic carbocycles. The standard InChI is InChI=1S/C36H32O4/c1-37-33-20-16-29-13-12-27-8-5-9-32(22-27)40-34-21-17-28(23-35(34)38-25-30-6-3-2-4-7-30)11-10-26-14-18-31(19-15-26)39-36(33)24-29/h2-9,14-24H,10-13,25H2,1H3. The molecule has 200 valence electrons. The molecule has 3 heterocycles. The normalized spacial score (nSPS) is 12.7. The number of fused-ring (bicyclic) bond motifs is 2. The molecule has 8 bridgehead atoms. The van der Waals surface area contributed by atoms with Crippen LogP contribution in [0.15, 0.2) is 115 Å². The molecule has 0 aromatic heterocycles. The number of rotatable bonds is 4. The fourth-order valence-electron chi connectivity index (χ4n) is 4.92. The smallest absolute Gasteiger partial charge is 0.169 e. The van der Waals surface area contributed by atoms with E-state index in [1.54, 1.807) is 7.11 Å². The van der Waals surface area contributed by atoms with E-state index in [1.807, 2.05) is 54.6 Å². The number of benzene rings is 5. The molecule has 40 heavy (non-hydrogen) atoms. The van der Waals surface area contributed by atoms with E-state index in [2.05, 4.69) is 60.7 Å². The molecule has 0 unspecified atom stereocenters. The molecule has 0 fully saturated rings. The maximum absolute atomic E-state index is 6.40. The minimum Gasteiger partial charge on any atom is -0.493 e. The first-order valence-corrected chi connectivity index (χ1v) is 13.7. The fraction of sp³-hybridized carbons (Fsp3) is 0.167. The molecule has 5 aromatic rings. The van der Waals surface area contributed by atoms with Crippen LogP contribution in [0.25, 0.3) is 0 Å². The molecular formula is C36H32O4. The maximum atomic E-state index is 6.40. The van der Waals surface area contributed by atoms with E-state index >= 15 is 0 Å². The van der Waals surface area contributed by atoms with Gasteiger partial charge in [0.25, 0.3) is 0 Å². The predicted molar refractivity (Wildman–Crippen MR) is 158 cm³/mol. The largest absolute Gasteiger partial charge is 0.493 e. The molecule has 4 heteroatoms. The third kappa shape index (κ3) is 6.29. The van der Waals surface area contributed by atoms with Gasteiger partial charge in [-0.2, -0.15) is 0 Å². The molecule has 3 aliphatic rings. The van der Waals surface area contributed by atoms with Crippen LogP contribution in [0.5, 0.6) is 34.5 Å². The zero-order chi connectivity index (χ0) is 27.1. The van der Waals surface area contributed by atoms with Crippen LogP contribution in [0.1, 0.15) is 27.8 Å². The zero-order valence-corrected chi connectivity index (χ0v) is 22.6. The van der Waals surface area contributed by atoms with Crippen molar-refractivity contribution in [2.24, 2.45) is 0 Å². The third-order valence-electron chi connectivity index (χ3n) is 7.16. The van der Waals surface area contributed by atoms with E-state index in [1.165, 1.54) is 22.3 Å². The Kier molecular flexibility index (Phi) is 7.67. The molecule has 0 saturated heterocycles. The Bertz CT molecular complexity index is 1580. The van der Waals surface area contributed by atoms with Crippen LogP contribution in [0.2, 0.25) is 0 Å². The summed E-state index contributed by atoms with van der Waals surface area (Å²) in [6, 6.07) is 39.2. The van der Waals surface area contributed by atoms with Crippen molar-refractivity contribution >= 4 is 0 Å². The van der Waals surface area contributed by atoms with Crippen LogP contribution < -0.4 is 18.9 Å². The van der Waals surface area contributed by atoms with Crippen molar-refractivity contribution in [3.8, 4) is 34.5 Å². The summed E-state index contributed by atoms with van der Waals surface area (Å²) in [5, 5.41) is 0. The lowest BCUT2D eigenvalue weighted by Gasteiger charge is -2.16. The highest BCUT2D eigenvalue weighted by Gasteiger charge is 2.12. The van der Waals surface area contributed by atoms with E-state index in [9.17, 15) is 0 Å². The van der Waals surface area contributed by atoms with Gasteiger partial charge in [-0.1, -0.05) is 66.7 Å². The molecule has 8 rings (SSSR count). The maximum Gasteiger partial charge on any atom is 0.169 e. The van der Waals surface area contributed by atoms with Crippen molar-refractivity contribution in [2.75, 3.05) is 7.11 Å². The SMILES string of the molecule is COc1ccc2cc1Oc1ccc(cc1)CCc1ccc(c(OCc3ccccc3)c1)Oc1cccc(c1)CC2. The molecule has 4 nitrogen and oxygen atoms in total. The third-order valence-corrected chi connectivity index (χ3v) is 7.16. The van der Waals surface area contributed by atoms with Gasteiger partial charge in [0.15, 0.2) is 23.0 Å². The number of aryl methyl sites for hydroxylation is 4. The van der Waals surface area contributed by atoms with Crippen molar-refractivity contribution in [3.05, 3.63) is 143 Å². The van der Waals surface area contributed by atoms with Gasteiger partial charge >= 0.3 is 0 Å². The Morgan fingerprint density at radius 3 is 2.00 bits per heavy atom. The second-order valence-corrected chi connectivity index (χ2v) is 10.0. The highest BCUT2D eigenvalue weighted by Crippen LogP contribution is 2.35.